The lowest BCUT2D eigenvalue weighted by Crippen LogP contribution is -1.92. The molecule has 0 bridgehead atoms. The molecule has 1 aromatic rings. The molecule has 1 rings (SSSR count). The summed E-state index contributed by atoms with van der Waals surface area (Å²) in [6.07, 6.45) is -0.685. The summed E-state index contributed by atoms with van der Waals surface area (Å²) in [5.74, 6) is 4.26. The molecule has 1 atom stereocenters. The second-order valence-electron chi connectivity index (χ2n) is 2.41. The number of carboxylic acids is 1. The number of carbonyl (C=O) groups is 1. The molecule has 0 aliphatic heterocycles. The van der Waals surface area contributed by atoms with Crippen LogP contribution in [0.3, 0.4) is 0 Å². The van der Waals surface area contributed by atoms with E-state index in [9.17, 15) is 4.79 Å². The van der Waals surface area contributed by atoms with Gasteiger partial charge in [-0.2, -0.15) is 0 Å². The van der Waals surface area contributed by atoms with Gasteiger partial charge in [-0.15, -0.1) is 11.3 Å². The normalized spacial score (nSPS) is 11.5. The topological polar surface area (TPSA) is 57.5 Å². The lowest BCUT2D eigenvalue weighted by molar-refractivity contribution is 0.0702. The lowest BCUT2D eigenvalue weighted by atomic mass is 10.3. The van der Waals surface area contributed by atoms with Crippen molar-refractivity contribution in [3.05, 3.63) is 21.9 Å². The number of hydrogen-bond donors (Lipinski definition) is 2. The summed E-state index contributed by atoms with van der Waals surface area (Å²) >= 11 is 1.10. The SMILES string of the molecule is C[C@@H](O)C#Cc1ccc(C(=O)O)s1. The van der Waals surface area contributed by atoms with E-state index >= 15 is 0 Å². The van der Waals surface area contributed by atoms with E-state index in [-0.39, 0.29) is 4.88 Å². The zero-order valence-corrected chi connectivity index (χ0v) is 7.76. The van der Waals surface area contributed by atoms with Crippen LogP contribution >= 0.6 is 11.3 Å². The van der Waals surface area contributed by atoms with Crippen molar-refractivity contribution in [1.82, 2.24) is 0 Å². The Labute approximate surface area is 79.6 Å². The third-order valence-electron chi connectivity index (χ3n) is 1.22. The number of aliphatic hydroxyl groups excluding tert-OH is 1. The molecule has 1 heterocycles. The first-order valence-electron chi connectivity index (χ1n) is 3.62. The summed E-state index contributed by atoms with van der Waals surface area (Å²) in [6.45, 7) is 1.55. The fourth-order valence-electron chi connectivity index (χ4n) is 0.696. The molecule has 1 aromatic heterocycles. The van der Waals surface area contributed by atoms with E-state index in [1.54, 1.807) is 13.0 Å². The van der Waals surface area contributed by atoms with Gasteiger partial charge in [0.1, 0.15) is 11.0 Å². The molecule has 0 aromatic carbocycles. The Hall–Kier alpha value is -1.31. The molecule has 4 heteroatoms. The molecule has 0 amide bonds. The molecule has 3 nitrogen and oxygen atoms in total. The van der Waals surface area contributed by atoms with Crippen LogP contribution in [0.1, 0.15) is 21.5 Å². The zero-order valence-electron chi connectivity index (χ0n) is 6.94. The number of thiophene rings is 1. The van der Waals surface area contributed by atoms with Gasteiger partial charge in [-0.05, 0) is 19.1 Å². The van der Waals surface area contributed by atoms with Gasteiger partial charge in [0.2, 0.25) is 0 Å². The van der Waals surface area contributed by atoms with Crippen LogP contribution in [0.25, 0.3) is 0 Å². The maximum atomic E-state index is 10.5. The first-order chi connectivity index (χ1) is 6.09. The molecule has 0 saturated heterocycles. The maximum Gasteiger partial charge on any atom is 0.345 e. The Balaban J connectivity index is 2.83. The Bertz CT molecular complexity index is 368. The van der Waals surface area contributed by atoms with Gasteiger partial charge in [0, 0.05) is 0 Å². The highest BCUT2D eigenvalue weighted by Gasteiger charge is 2.04. The second-order valence-corrected chi connectivity index (χ2v) is 3.50. The van der Waals surface area contributed by atoms with Crippen molar-refractivity contribution in [2.45, 2.75) is 13.0 Å². The van der Waals surface area contributed by atoms with Gasteiger partial charge in [0.15, 0.2) is 0 Å². The molecule has 0 aliphatic carbocycles. The summed E-state index contributed by atoms with van der Waals surface area (Å²) in [5.41, 5.74) is 0. The Kier molecular flexibility index (Phi) is 3.07. The van der Waals surface area contributed by atoms with Gasteiger partial charge >= 0.3 is 5.97 Å². The second kappa shape index (κ2) is 4.08. The molecule has 68 valence electrons. The molecule has 0 aliphatic rings. The summed E-state index contributed by atoms with van der Waals surface area (Å²) in [5, 5.41) is 17.4. The van der Waals surface area contributed by atoms with Gasteiger partial charge in [-0.1, -0.05) is 11.8 Å². The largest absolute Gasteiger partial charge is 0.477 e. The number of carboxylic acid groups (broad SMARTS) is 1. The Morgan fingerprint density at radius 2 is 2.31 bits per heavy atom. The number of aliphatic hydroxyl groups is 1. The molecule has 13 heavy (non-hydrogen) atoms. The molecule has 0 radical (unpaired) electrons. The minimum absolute atomic E-state index is 0.259. The minimum Gasteiger partial charge on any atom is -0.477 e. The van der Waals surface area contributed by atoms with Crippen molar-refractivity contribution in [2.75, 3.05) is 0 Å². The smallest absolute Gasteiger partial charge is 0.345 e. The summed E-state index contributed by atoms with van der Waals surface area (Å²) in [6, 6.07) is 3.13. The highest BCUT2D eigenvalue weighted by molar-refractivity contribution is 7.14. The average molecular weight is 196 g/mol. The Morgan fingerprint density at radius 1 is 1.62 bits per heavy atom. The number of hydrogen-bond acceptors (Lipinski definition) is 3. The van der Waals surface area contributed by atoms with Crippen LogP contribution in [0.2, 0.25) is 0 Å². The molecule has 0 saturated carbocycles. The molecule has 0 unspecified atom stereocenters. The van der Waals surface area contributed by atoms with E-state index in [0.717, 1.165) is 11.3 Å². The van der Waals surface area contributed by atoms with Crippen LogP contribution in [0, 0.1) is 11.8 Å². The summed E-state index contributed by atoms with van der Waals surface area (Å²) < 4.78 is 0. The van der Waals surface area contributed by atoms with Crippen molar-refractivity contribution in [3.63, 3.8) is 0 Å². The lowest BCUT2D eigenvalue weighted by Gasteiger charge is -1.85. The van der Waals surface area contributed by atoms with Gasteiger partial charge in [0.05, 0.1) is 4.88 Å². The van der Waals surface area contributed by atoms with Gasteiger partial charge in [0.25, 0.3) is 0 Å². The number of rotatable bonds is 1. The predicted octanol–water partition coefficient (Wildman–Crippen LogP) is 1.18. The van der Waals surface area contributed by atoms with Crippen molar-refractivity contribution in [3.8, 4) is 11.8 Å². The summed E-state index contributed by atoms with van der Waals surface area (Å²) in [7, 11) is 0. The van der Waals surface area contributed by atoms with E-state index in [0.29, 0.717) is 4.88 Å². The molecular weight excluding hydrogens is 188 g/mol. The van der Waals surface area contributed by atoms with E-state index < -0.39 is 12.1 Å². The zero-order chi connectivity index (χ0) is 9.84. The standard InChI is InChI=1S/C9H8O3S/c1-6(10)2-3-7-4-5-8(13-7)9(11)12/h4-6,10H,1H3,(H,11,12)/t6-/m1/s1. The van der Waals surface area contributed by atoms with Crippen LogP contribution in [0.4, 0.5) is 0 Å². The van der Waals surface area contributed by atoms with Crippen molar-refractivity contribution < 1.29 is 15.0 Å². The highest BCUT2D eigenvalue weighted by Crippen LogP contribution is 2.14. The van der Waals surface area contributed by atoms with Gasteiger partial charge in [-0.3, -0.25) is 0 Å². The fourth-order valence-corrected chi connectivity index (χ4v) is 1.40. The van der Waals surface area contributed by atoms with E-state index in [4.69, 9.17) is 10.2 Å². The first-order valence-corrected chi connectivity index (χ1v) is 4.44. The first kappa shape index (κ1) is 9.78. The minimum atomic E-state index is -0.949. The van der Waals surface area contributed by atoms with Crippen LogP contribution in [-0.2, 0) is 0 Å². The van der Waals surface area contributed by atoms with Gasteiger partial charge in [-0.25, -0.2) is 4.79 Å². The van der Waals surface area contributed by atoms with E-state index in [1.165, 1.54) is 6.07 Å². The molecule has 2 N–H and O–H groups in total. The van der Waals surface area contributed by atoms with Crippen LogP contribution in [-0.4, -0.2) is 22.3 Å². The maximum absolute atomic E-state index is 10.5. The van der Waals surface area contributed by atoms with Crippen LogP contribution in [0.5, 0.6) is 0 Å². The monoisotopic (exact) mass is 196 g/mol. The Morgan fingerprint density at radius 3 is 2.77 bits per heavy atom. The van der Waals surface area contributed by atoms with Crippen molar-refractivity contribution in [1.29, 1.82) is 0 Å². The number of aromatic carboxylic acids is 1. The highest BCUT2D eigenvalue weighted by atomic mass is 32.1. The average Bonchev–Trinajstić information content (AvgIpc) is 2.48. The van der Waals surface area contributed by atoms with Crippen molar-refractivity contribution >= 4 is 17.3 Å². The molecule has 0 fully saturated rings. The molecule has 0 spiro atoms. The third kappa shape index (κ3) is 2.90. The van der Waals surface area contributed by atoms with Gasteiger partial charge < -0.3 is 10.2 Å². The third-order valence-corrected chi connectivity index (χ3v) is 2.21. The fraction of sp³-hybridized carbons (Fsp3) is 0.222. The quantitative estimate of drug-likeness (QED) is 0.663. The van der Waals surface area contributed by atoms with Crippen LogP contribution in [0.15, 0.2) is 12.1 Å². The van der Waals surface area contributed by atoms with E-state index in [1.807, 2.05) is 0 Å². The van der Waals surface area contributed by atoms with E-state index in [2.05, 4.69) is 11.8 Å². The van der Waals surface area contributed by atoms with Crippen LogP contribution < -0.4 is 0 Å². The van der Waals surface area contributed by atoms with Crippen molar-refractivity contribution in [2.24, 2.45) is 0 Å². The predicted molar refractivity (Wildman–Crippen MR) is 49.8 cm³/mol. The summed E-state index contributed by atoms with van der Waals surface area (Å²) in [4.78, 5) is 11.4. The molecular formula is C9H8O3S.